The second kappa shape index (κ2) is 29.7. The average Bonchev–Trinajstić information content (AvgIpc) is 3.40. The van der Waals surface area contributed by atoms with Gasteiger partial charge in [-0.3, -0.25) is 0 Å². The molecule has 2 heterocycles. The first-order chi connectivity index (χ1) is 34.1. The number of ether oxygens (including phenoxy) is 10. The lowest BCUT2D eigenvalue weighted by Crippen LogP contribution is -2.67. The van der Waals surface area contributed by atoms with Gasteiger partial charge in [0.05, 0.1) is 58.5 Å². The number of unbranched alkanes of at least 4 members (excludes halogenated alkanes) is 2. The summed E-state index contributed by atoms with van der Waals surface area (Å²) >= 11 is 0. The summed E-state index contributed by atoms with van der Waals surface area (Å²) in [6.07, 6.45) is -16.5. The molecule has 0 aromatic heterocycles. The SMILES string of the molecule is COC(OC1C(OC2OC(COCc3ccccc3)C(O)C(OCc3ccccc3)C2OCc2ccccc2)C(CO)OC(OCCCCCN)C1OCc1ccccc1)C(O)C(O)C(C)[C@H](O)CO. The number of benzene rings is 4. The molecule has 6 rings (SSSR count). The Morgan fingerprint density at radius 3 is 1.57 bits per heavy atom. The Labute approximate surface area is 410 Å². The summed E-state index contributed by atoms with van der Waals surface area (Å²) in [7, 11) is 1.27. The van der Waals surface area contributed by atoms with Crippen molar-refractivity contribution in [1.82, 2.24) is 0 Å². The van der Waals surface area contributed by atoms with Crippen molar-refractivity contribution in [3.05, 3.63) is 144 Å². The lowest BCUT2D eigenvalue weighted by atomic mass is 9.93. The molecule has 2 aliphatic rings. The van der Waals surface area contributed by atoms with Gasteiger partial charge in [-0.1, -0.05) is 128 Å². The molecule has 17 heteroatoms. The van der Waals surface area contributed by atoms with Crippen molar-refractivity contribution in [2.24, 2.45) is 11.7 Å². The number of hydrogen-bond donors (Lipinski definition) is 7. The van der Waals surface area contributed by atoms with E-state index < -0.39 is 105 Å². The maximum absolute atomic E-state index is 12.2. The van der Waals surface area contributed by atoms with Crippen molar-refractivity contribution < 1.29 is 78.0 Å². The lowest BCUT2D eigenvalue weighted by Gasteiger charge is -2.50. The van der Waals surface area contributed by atoms with Gasteiger partial charge in [0, 0.05) is 19.6 Å². The van der Waals surface area contributed by atoms with Crippen LogP contribution in [-0.2, 0) is 73.8 Å². The predicted molar refractivity (Wildman–Crippen MR) is 255 cm³/mol. The molecule has 14 unspecified atom stereocenters. The highest BCUT2D eigenvalue weighted by Crippen LogP contribution is 2.36. The van der Waals surface area contributed by atoms with Crippen molar-refractivity contribution >= 4 is 0 Å². The third-order valence-electron chi connectivity index (χ3n) is 12.5. The molecule has 4 aromatic rings. The number of nitrogens with two attached hydrogens (primary N) is 1. The molecule has 0 spiro atoms. The molecule has 70 heavy (non-hydrogen) atoms. The van der Waals surface area contributed by atoms with E-state index in [9.17, 15) is 30.6 Å². The fraction of sp³-hybridized carbons (Fsp3) is 0.547. The van der Waals surface area contributed by atoms with Crippen LogP contribution in [0.25, 0.3) is 0 Å². The van der Waals surface area contributed by atoms with Gasteiger partial charge < -0.3 is 83.7 Å². The van der Waals surface area contributed by atoms with Gasteiger partial charge in [0.2, 0.25) is 0 Å². The van der Waals surface area contributed by atoms with Crippen molar-refractivity contribution in [3.8, 4) is 0 Å². The Balaban J connectivity index is 1.40. The van der Waals surface area contributed by atoms with Gasteiger partial charge in [-0.2, -0.15) is 0 Å². The fourth-order valence-electron chi connectivity index (χ4n) is 8.40. The quantitative estimate of drug-likeness (QED) is 0.0293. The summed E-state index contributed by atoms with van der Waals surface area (Å²) in [5.41, 5.74) is 9.13. The van der Waals surface area contributed by atoms with Crippen LogP contribution < -0.4 is 5.73 Å². The summed E-state index contributed by atoms with van der Waals surface area (Å²) in [5.74, 6) is -1.03. The molecular weight excluding hydrogens is 907 g/mol. The molecule has 15 atom stereocenters. The highest BCUT2D eigenvalue weighted by Gasteiger charge is 2.55. The number of aliphatic hydroxyl groups is 6. The molecule has 0 bridgehead atoms. The van der Waals surface area contributed by atoms with E-state index in [4.69, 9.17) is 53.1 Å². The van der Waals surface area contributed by atoms with Crippen LogP contribution in [0.4, 0.5) is 0 Å². The summed E-state index contributed by atoms with van der Waals surface area (Å²) in [6.45, 7) is 1.21. The van der Waals surface area contributed by atoms with Crippen LogP contribution in [0.2, 0.25) is 0 Å². The molecule has 8 N–H and O–H groups in total. The zero-order valence-corrected chi connectivity index (χ0v) is 40.0. The van der Waals surface area contributed by atoms with E-state index in [1.165, 1.54) is 14.0 Å². The van der Waals surface area contributed by atoms with Crippen molar-refractivity contribution in [2.75, 3.05) is 40.1 Å². The molecule has 2 fully saturated rings. The highest BCUT2D eigenvalue weighted by molar-refractivity contribution is 5.16. The number of rotatable bonds is 30. The summed E-state index contributed by atoms with van der Waals surface area (Å²) in [6, 6.07) is 37.8. The molecule has 0 radical (unpaired) electrons. The molecule has 2 aliphatic heterocycles. The third kappa shape index (κ3) is 16.1. The molecule has 0 saturated carbocycles. The number of hydrogen-bond acceptors (Lipinski definition) is 17. The fourth-order valence-corrected chi connectivity index (χ4v) is 8.40. The van der Waals surface area contributed by atoms with E-state index in [2.05, 4.69) is 0 Å². The molecule has 386 valence electrons. The Hall–Kier alpha value is -3.80. The van der Waals surface area contributed by atoms with E-state index in [1.54, 1.807) is 0 Å². The smallest absolute Gasteiger partial charge is 0.187 e. The first-order valence-electron chi connectivity index (χ1n) is 24.1. The minimum Gasteiger partial charge on any atom is -0.394 e. The Bertz CT molecular complexity index is 1980. The van der Waals surface area contributed by atoms with E-state index >= 15 is 0 Å². The van der Waals surface area contributed by atoms with Crippen LogP contribution >= 0.6 is 0 Å². The maximum atomic E-state index is 12.2. The lowest BCUT2D eigenvalue weighted by molar-refractivity contribution is -0.385. The van der Waals surface area contributed by atoms with Gasteiger partial charge in [-0.05, 0) is 48.1 Å². The van der Waals surface area contributed by atoms with Gasteiger partial charge in [-0.15, -0.1) is 0 Å². The summed E-state index contributed by atoms with van der Waals surface area (Å²) in [4.78, 5) is 0. The van der Waals surface area contributed by atoms with Crippen molar-refractivity contribution in [2.45, 2.75) is 139 Å². The van der Waals surface area contributed by atoms with Crippen LogP contribution in [0, 0.1) is 5.92 Å². The van der Waals surface area contributed by atoms with Crippen molar-refractivity contribution in [1.29, 1.82) is 0 Å². The minimum atomic E-state index is -1.80. The predicted octanol–water partition coefficient (Wildman–Crippen LogP) is 3.36. The molecule has 17 nitrogen and oxygen atoms in total. The van der Waals surface area contributed by atoms with E-state index in [0.717, 1.165) is 35.1 Å². The van der Waals surface area contributed by atoms with Crippen LogP contribution in [0.3, 0.4) is 0 Å². The molecule has 4 aromatic carbocycles. The average molecular weight is 980 g/mol. The Morgan fingerprint density at radius 2 is 1.07 bits per heavy atom. The van der Waals surface area contributed by atoms with Gasteiger partial charge in [-0.25, -0.2) is 0 Å². The second-order valence-corrected chi connectivity index (χ2v) is 17.7. The van der Waals surface area contributed by atoms with Gasteiger partial charge in [0.25, 0.3) is 0 Å². The zero-order chi connectivity index (χ0) is 49.7. The van der Waals surface area contributed by atoms with E-state index in [-0.39, 0.29) is 39.6 Å². The van der Waals surface area contributed by atoms with Crippen LogP contribution in [-0.4, -0.2) is 157 Å². The normalized spacial score (nSPS) is 27.1. The third-order valence-corrected chi connectivity index (χ3v) is 12.5. The molecular formula is C53H73NO16. The Morgan fingerprint density at radius 1 is 0.571 bits per heavy atom. The first-order valence-corrected chi connectivity index (χ1v) is 24.1. The maximum Gasteiger partial charge on any atom is 0.187 e. The molecule has 2 saturated heterocycles. The number of aliphatic hydroxyl groups excluding tert-OH is 6. The van der Waals surface area contributed by atoms with E-state index in [1.807, 2.05) is 121 Å². The van der Waals surface area contributed by atoms with Crippen LogP contribution in [0.15, 0.2) is 121 Å². The van der Waals surface area contributed by atoms with E-state index in [0.29, 0.717) is 13.0 Å². The van der Waals surface area contributed by atoms with Crippen molar-refractivity contribution in [3.63, 3.8) is 0 Å². The summed E-state index contributed by atoms with van der Waals surface area (Å²) < 4.78 is 65.1. The Kier molecular flexibility index (Phi) is 23.5. The van der Waals surface area contributed by atoms with Gasteiger partial charge in [0.15, 0.2) is 18.9 Å². The topological polar surface area (TPSA) is 240 Å². The highest BCUT2D eigenvalue weighted by atomic mass is 16.8. The first kappa shape index (κ1) is 55.5. The molecule has 0 amide bonds. The zero-order valence-electron chi connectivity index (χ0n) is 40.0. The molecule has 0 aliphatic carbocycles. The number of methoxy groups -OCH3 is 1. The van der Waals surface area contributed by atoms with Crippen LogP contribution in [0.5, 0.6) is 0 Å². The second-order valence-electron chi connectivity index (χ2n) is 17.7. The minimum absolute atomic E-state index is 0.0337. The van der Waals surface area contributed by atoms with Gasteiger partial charge in [0.1, 0.15) is 54.9 Å². The van der Waals surface area contributed by atoms with Crippen LogP contribution in [0.1, 0.15) is 48.4 Å². The standard InChI is InChI=1S/C53H73NO16/c1-35(40(57)28-55)43(58)45(60)51(61-2)70-48-46(41(29-56)67-52(63-27-17-7-16-26-54)50(48)66-33-39-24-14-6-15-25-39)69-53-49(65-32-38-22-12-5-13-23-38)47(64-31-37-20-10-4-11-21-37)44(59)42(68-53)34-62-30-36-18-8-3-9-19-36/h3-6,8-15,18-25,35,40-53,55-60H,7,16-17,26-34,54H2,1-2H3/t35?,40-,41?,42?,43?,44?,45?,46?,47?,48?,49?,50?,51?,52?,53?/m1/s1. The largest absolute Gasteiger partial charge is 0.394 e. The van der Waals surface area contributed by atoms with Gasteiger partial charge >= 0.3 is 0 Å². The monoisotopic (exact) mass is 979 g/mol. The summed E-state index contributed by atoms with van der Waals surface area (Å²) in [5, 5.41) is 66.6.